The Morgan fingerprint density at radius 1 is 0.444 bits per heavy atom. The Bertz CT molecular complexity index is 1690. The van der Waals surface area contributed by atoms with Crippen LogP contribution in [0, 0.1) is 0 Å². The lowest BCUT2D eigenvalue weighted by Gasteiger charge is -2.18. The molecule has 6 rings (SSSR count). The largest absolute Gasteiger partial charge is 0.378 e. The van der Waals surface area contributed by atoms with Crippen LogP contribution in [-0.2, 0) is 4.74 Å². The van der Waals surface area contributed by atoms with E-state index in [4.69, 9.17) is 4.74 Å². The SMILES string of the molecule is CC.CC.CC.CC.CC(C)OCC1c2cc(C(C)C)ccc2-c2ccc(C(C)C)cc21.CC(C)c1ccc2c3ccc(C(C)C)cc3n(C(C)C)c2c1. The van der Waals surface area contributed by atoms with E-state index < -0.39 is 0 Å². The molecular weight excluding hydrogens is 655 g/mol. The second kappa shape index (κ2) is 23.5. The molecular formula is C52H81NO. The summed E-state index contributed by atoms with van der Waals surface area (Å²) in [6.07, 6.45) is 0.263. The molecule has 5 aromatic rings. The van der Waals surface area contributed by atoms with E-state index in [2.05, 4.69) is 160 Å². The maximum Gasteiger partial charge on any atom is 0.0579 e. The third-order valence-corrected chi connectivity index (χ3v) is 9.82. The fraction of sp³-hybridized carbons (Fsp3) is 0.538. The number of fused-ring (bicyclic) bond motifs is 6. The summed E-state index contributed by atoms with van der Waals surface area (Å²) in [7, 11) is 0. The molecule has 0 saturated heterocycles. The van der Waals surface area contributed by atoms with Crippen LogP contribution in [0.25, 0.3) is 32.9 Å². The van der Waals surface area contributed by atoms with Crippen LogP contribution in [0.15, 0.2) is 72.8 Å². The Balaban J connectivity index is 0.000000457. The van der Waals surface area contributed by atoms with Crippen molar-refractivity contribution in [1.82, 2.24) is 4.57 Å². The van der Waals surface area contributed by atoms with Crippen molar-refractivity contribution in [3.05, 3.63) is 106 Å². The number of hydrogen-bond acceptors (Lipinski definition) is 1. The highest BCUT2D eigenvalue weighted by atomic mass is 16.5. The molecule has 0 saturated carbocycles. The third kappa shape index (κ3) is 11.6. The van der Waals surface area contributed by atoms with E-state index in [0.717, 1.165) is 6.61 Å². The molecule has 0 radical (unpaired) electrons. The Kier molecular flexibility index (Phi) is 21.2. The molecule has 0 bridgehead atoms. The van der Waals surface area contributed by atoms with Gasteiger partial charge >= 0.3 is 0 Å². The zero-order valence-electron chi connectivity index (χ0n) is 38.5. The van der Waals surface area contributed by atoms with Crippen molar-refractivity contribution < 1.29 is 4.74 Å². The Hall–Kier alpha value is -3.36. The molecule has 1 aliphatic rings. The van der Waals surface area contributed by atoms with E-state index in [9.17, 15) is 0 Å². The molecule has 0 unspecified atom stereocenters. The summed E-state index contributed by atoms with van der Waals surface area (Å²) in [5.74, 6) is 2.59. The van der Waals surface area contributed by atoms with Crippen LogP contribution in [-0.4, -0.2) is 17.3 Å². The molecule has 4 aromatic carbocycles. The van der Waals surface area contributed by atoms with E-state index in [0.29, 0.717) is 35.6 Å². The first-order valence-corrected chi connectivity index (χ1v) is 21.8. The summed E-state index contributed by atoms with van der Waals surface area (Å²) in [4.78, 5) is 0. The molecule has 0 N–H and O–H groups in total. The predicted molar refractivity (Wildman–Crippen MR) is 246 cm³/mol. The lowest BCUT2D eigenvalue weighted by molar-refractivity contribution is 0.0739. The predicted octanol–water partition coefficient (Wildman–Crippen LogP) is 17.2. The summed E-state index contributed by atoms with van der Waals surface area (Å²) < 4.78 is 8.54. The Morgan fingerprint density at radius 3 is 1.06 bits per heavy atom. The van der Waals surface area contributed by atoms with E-state index in [-0.39, 0.29) is 6.10 Å². The van der Waals surface area contributed by atoms with Gasteiger partial charge in [-0.2, -0.15) is 0 Å². The van der Waals surface area contributed by atoms with Crippen molar-refractivity contribution in [3.63, 3.8) is 0 Å². The molecule has 0 amide bonds. The first-order chi connectivity index (χ1) is 25.8. The van der Waals surface area contributed by atoms with Crippen LogP contribution < -0.4 is 0 Å². The summed E-state index contributed by atoms with van der Waals surface area (Å²) >= 11 is 0. The quantitative estimate of drug-likeness (QED) is 0.155. The smallest absolute Gasteiger partial charge is 0.0579 e. The van der Waals surface area contributed by atoms with E-state index in [1.54, 1.807) is 0 Å². The average molecular weight is 736 g/mol. The van der Waals surface area contributed by atoms with Crippen LogP contribution in [0.2, 0.25) is 0 Å². The molecule has 0 spiro atoms. The van der Waals surface area contributed by atoms with Crippen molar-refractivity contribution in [2.75, 3.05) is 6.61 Å². The van der Waals surface area contributed by atoms with Crippen LogP contribution in [0.4, 0.5) is 0 Å². The molecule has 1 aromatic heterocycles. The fourth-order valence-electron chi connectivity index (χ4n) is 6.94. The lowest BCUT2D eigenvalue weighted by Crippen LogP contribution is -2.12. The first-order valence-electron chi connectivity index (χ1n) is 21.8. The van der Waals surface area contributed by atoms with Gasteiger partial charge in [-0.1, -0.05) is 171 Å². The van der Waals surface area contributed by atoms with Crippen molar-refractivity contribution in [2.24, 2.45) is 0 Å². The fourth-order valence-corrected chi connectivity index (χ4v) is 6.94. The van der Waals surface area contributed by atoms with Gasteiger partial charge in [0.25, 0.3) is 0 Å². The molecule has 2 heteroatoms. The van der Waals surface area contributed by atoms with Crippen LogP contribution in [0.3, 0.4) is 0 Å². The highest BCUT2D eigenvalue weighted by Crippen LogP contribution is 2.47. The van der Waals surface area contributed by atoms with Crippen molar-refractivity contribution in [1.29, 1.82) is 0 Å². The molecule has 1 heterocycles. The standard InChI is InChI=1S/C23H30O.C21H27N.4C2H6/c1-14(2)17-7-9-19-20-10-8-18(15(3)4)12-22(20)23(21(19)11-17)13-24-16(5)6;1-13(2)16-7-9-18-19-10-8-17(14(3)4)12-21(19)22(15(5)6)20(18)11-16;4*1-2/h7-12,14-16,23H,13H2,1-6H3;7-15H,1-6H3;4*1-2H3. The van der Waals surface area contributed by atoms with Gasteiger partial charge < -0.3 is 9.30 Å². The maximum absolute atomic E-state index is 6.04. The summed E-state index contributed by atoms with van der Waals surface area (Å²) in [5.41, 5.74) is 14.1. The second-order valence-corrected chi connectivity index (χ2v) is 15.3. The van der Waals surface area contributed by atoms with Gasteiger partial charge in [0.05, 0.1) is 12.7 Å². The van der Waals surface area contributed by atoms with Crippen LogP contribution in [0.5, 0.6) is 0 Å². The highest BCUT2D eigenvalue weighted by molar-refractivity contribution is 6.08. The van der Waals surface area contributed by atoms with Crippen LogP contribution >= 0.6 is 0 Å². The van der Waals surface area contributed by atoms with Gasteiger partial charge in [0.15, 0.2) is 0 Å². The van der Waals surface area contributed by atoms with Gasteiger partial charge in [0.2, 0.25) is 0 Å². The highest BCUT2D eigenvalue weighted by Gasteiger charge is 2.30. The number of benzene rings is 4. The minimum atomic E-state index is 0.263. The average Bonchev–Trinajstić information content (AvgIpc) is 3.68. The Morgan fingerprint density at radius 2 is 0.759 bits per heavy atom. The monoisotopic (exact) mass is 736 g/mol. The topological polar surface area (TPSA) is 14.2 Å². The minimum Gasteiger partial charge on any atom is -0.378 e. The summed E-state index contributed by atoms with van der Waals surface area (Å²) in [6.45, 7) is 43.7. The zero-order chi connectivity index (χ0) is 41.4. The second-order valence-electron chi connectivity index (χ2n) is 15.3. The molecule has 1 aliphatic carbocycles. The zero-order valence-corrected chi connectivity index (χ0v) is 38.5. The van der Waals surface area contributed by atoms with Gasteiger partial charge in [0, 0.05) is 33.8 Å². The molecule has 300 valence electrons. The number of aromatic nitrogens is 1. The molecule has 0 atom stereocenters. The first kappa shape index (κ1) is 48.7. The third-order valence-electron chi connectivity index (χ3n) is 9.82. The van der Waals surface area contributed by atoms with Gasteiger partial charge in [-0.25, -0.2) is 0 Å². The molecule has 2 nitrogen and oxygen atoms in total. The van der Waals surface area contributed by atoms with E-state index in [1.165, 1.54) is 66.3 Å². The normalized spacial score (nSPS) is 11.7. The number of hydrogen-bond donors (Lipinski definition) is 0. The molecule has 0 fully saturated rings. The number of rotatable bonds is 8. The Labute approximate surface area is 334 Å². The van der Waals surface area contributed by atoms with Crippen LogP contribution in [0.1, 0.15) is 207 Å². The minimum absolute atomic E-state index is 0.263. The van der Waals surface area contributed by atoms with Crippen molar-refractivity contribution in [2.45, 2.75) is 180 Å². The lowest BCUT2D eigenvalue weighted by atomic mass is 9.92. The van der Waals surface area contributed by atoms with Gasteiger partial charge in [-0.3, -0.25) is 0 Å². The van der Waals surface area contributed by atoms with Crippen molar-refractivity contribution in [3.8, 4) is 11.1 Å². The van der Waals surface area contributed by atoms with Gasteiger partial charge in [0.1, 0.15) is 0 Å². The van der Waals surface area contributed by atoms with Gasteiger partial charge in [-0.05, 0) is 108 Å². The summed E-state index contributed by atoms with van der Waals surface area (Å²) in [5, 5.41) is 2.76. The molecule has 54 heavy (non-hydrogen) atoms. The maximum atomic E-state index is 6.04. The van der Waals surface area contributed by atoms with E-state index in [1.807, 2.05) is 55.4 Å². The van der Waals surface area contributed by atoms with E-state index >= 15 is 0 Å². The van der Waals surface area contributed by atoms with Crippen molar-refractivity contribution >= 4 is 21.8 Å². The number of nitrogens with zero attached hydrogens (tertiary/aromatic N) is 1. The summed E-state index contributed by atoms with van der Waals surface area (Å²) in [6, 6.07) is 28.4. The van der Waals surface area contributed by atoms with Gasteiger partial charge in [-0.15, -0.1) is 0 Å². The molecule has 0 aliphatic heterocycles. The number of ether oxygens (including phenoxy) is 1.